The highest BCUT2D eigenvalue weighted by Gasteiger charge is 2.24. The summed E-state index contributed by atoms with van der Waals surface area (Å²) >= 11 is 0. The van der Waals surface area contributed by atoms with E-state index in [1.165, 1.54) is 0 Å². The van der Waals surface area contributed by atoms with Crippen molar-refractivity contribution in [2.45, 2.75) is 6.42 Å². The lowest BCUT2D eigenvalue weighted by Crippen LogP contribution is -2.39. The zero-order valence-corrected chi connectivity index (χ0v) is 15.4. The molecule has 1 aliphatic heterocycles. The summed E-state index contributed by atoms with van der Waals surface area (Å²) in [5, 5.41) is 14.4. The topological polar surface area (TPSA) is 90.6 Å². The Hall–Kier alpha value is -3.74. The third-order valence-electron chi connectivity index (χ3n) is 4.55. The van der Waals surface area contributed by atoms with Crippen LogP contribution in [0.2, 0.25) is 0 Å². The van der Waals surface area contributed by atoms with E-state index in [1.54, 1.807) is 19.4 Å². The molecular formula is C21H20N4O3. The van der Waals surface area contributed by atoms with Gasteiger partial charge in [0.15, 0.2) is 0 Å². The first-order chi connectivity index (χ1) is 13.6. The molecular weight excluding hydrogens is 356 g/mol. The number of anilines is 3. The molecule has 0 fully saturated rings. The number of hydrogen-bond acceptors (Lipinski definition) is 5. The Kier molecular flexibility index (Phi) is 4.72. The van der Waals surface area contributed by atoms with E-state index in [0.717, 1.165) is 22.6 Å². The predicted octanol–water partition coefficient (Wildman–Crippen LogP) is 3.68. The van der Waals surface area contributed by atoms with Crippen LogP contribution in [0.15, 0.2) is 65.3 Å². The van der Waals surface area contributed by atoms with Crippen molar-refractivity contribution in [2.24, 2.45) is 0 Å². The highest BCUT2D eigenvalue weighted by atomic mass is 16.5. The van der Waals surface area contributed by atoms with Gasteiger partial charge in [0.05, 0.1) is 32.0 Å². The summed E-state index contributed by atoms with van der Waals surface area (Å²) in [6.45, 7) is 0.445. The van der Waals surface area contributed by atoms with Gasteiger partial charge < -0.3 is 24.7 Å². The lowest BCUT2D eigenvalue weighted by molar-refractivity contribution is -0.115. The van der Waals surface area contributed by atoms with Gasteiger partial charge in [-0.15, -0.1) is 0 Å². The molecule has 0 saturated carbocycles. The van der Waals surface area contributed by atoms with Gasteiger partial charge in [0, 0.05) is 11.4 Å². The number of furan rings is 1. The van der Waals surface area contributed by atoms with Crippen molar-refractivity contribution in [2.75, 3.05) is 29.3 Å². The molecule has 0 unspecified atom stereocenters. The summed E-state index contributed by atoms with van der Waals surface area (Å²) in [6, 6.07) is 16.6. The number of amides is 1. The quantitative estimate of drug-likeness (QED) is 0.632. The molecule has 4 rings (SSSR count). The number of amidine groups is 1. The fourth-order valence-corrected chi connectivity index (χ4v) is 3.13. The number of fused-ring (bicyclic) bond motifs is 1. The second-order valence-corrected chi connectivity index (χ2v) is 6.40. The minimum atomic E-state index is -0.101. The van der Waals surface area contributed by atoms with E-state index in [-0.39, 0.29) is 12.3 Å². The van der Waals surface area contributed by atoms with Crippen LogP contribution in [0.4, 0.5) is 17.3 Å². The number of carbonyl (C=O) groups is 1. The summed E-state index contributed by atoms with van der Waals surface area (Å²) in [4.78, 5) is 14.1. The molecule has 7 nitrogen and oxygen atoms in total. The molecule has 1 amide bonds. The van der Waals surface area contributed by atoms with Gasteiger partial charge in [0.1, 0.15) is 11.6 Å². The summed E-state index contributed by atoms with van der Waals surface area (Å²) in [7, 11) is 1.60. The first-order valence-corrected chi connectivity index (χ1v) is 8.85. The maximum absolute atomic E-state index is 12.3. The van der Waals surface area contributed by atoms with Crippen molar-refractivity contribution in [1.82, 2.24) is 0 Å². The summed E-state index contributed by atoms with van der Waals surface area (Å²) < 4.78 is 10.5. The second-order valence-electron chi connectivity index (χ2n) is 6.40. The van der Waals surface area contributed by atoms with E-state index in [0.29, 0.717) is 24.1 Å². The van der Waals surface area contributed by atoms with E-state index < -0.39 is 0 Å². The van der Waals surface area contributed by atoms with E-state index in [1.807, 2.05) is 53.4 Å². The van der Waals surface area contributed by atoms with Gasteiger partial charge in [-0.25, -0.2) is 0 Å². The van der Waals surface area contributed by atoms with Crippen LogP contribution in [0.5, 0.6) is 5.75 Å². The number of carbonyl (C=O) groups excluding carboxylic acids is 1. The molecule has 2 heterocycles. The van der Waals surface area contributed by atoms with E-state index in [2.05, 4.69) is 10.6 Å². The fourth-order valence-electron chi connectivity index (χ4n) is 3.13. The largest absolute Gasteiger partial charge is 0.497 e. The molecule has 2 aromatic carbocycles. The molecule has 142 valence electrons. The molecule has 0 saturated heterocycles. The summed E-state index contributed by atoms with van der Waals surface area (Å²) in [6.07, 6.45) is 1.83. The van der Waals surface area contributed by atoms with Crippen molar-refractivity contribution >= 4 is 29.0 Å². The Bertz CT molecular complexity index is 1010. The molecule has 3 aromatic rings. The molecule has 7 heteroatoms. The van der Waals surface area contributed by atoms with Crippen LogP contribution in [0, 0.1) is 5.41 Å². The number of methoxy groups -OCH3 is 1. The lowest BCUT2D eigenvalue weighted by Gasteiger charge is -2.29. The SMILES string of the molecule is COc1cccc(CC(=O)Nc2ccc(N3CNc4occc4C3=N)cc2)c1. The van der Waals surface area contributed by atoms with Crippen molar-refractivity contribution in [3.05, 3.63) is 72.0 Å². The molecule has 0 atom stereocenters. The maximum Gasteiger partial charge on any atom is 0.228 e. The van der Waals surface area contributed by atoms with Crippen LogP contribution in [0.25, 0.3) is 0 Å². The average molecular weight is 376 g/mol. The van der Waals surface area contributed by atoms with Crippen LogP contribution in [0.3, 0.4) is 0 Å². The minimum absolute atomic E-state index is 0.101. The molecule has 1 aromatic heterocycles. The fraction of sp³-hybridized carbons (Fsp3) is 0.143. The normalized spacial score (nSPS) is 12.9. The molecule has 28 heavy (non-hydrogen) atoms. The van der Waals surface area contributed by atoms with Gasteiger partial charge in [-0.05, 0) is 48.0 Å². The Morgan fingerprint density at radius 1 is 1.25 bits per heavy atom. The first kappa shape index (κ1) is 17.7. The predicted molar refractivity (Wildman–Crippen MR) is 108 cm³/mol. The van der Waals surface area contributed by atoms with Gasteiger partial charge in [-0.2, -0.15) is 0 Å². The van der Waals surface area contributed by atoms with Crippen molar-refractivity contribution < 1.29 is 13.9 Å². The highest BCUT2D eigenvalue weighted by Crippen LogP contribution is 2.27. The number of rotatable bonds is 5. The minimum Gasteiger partial charge on any atom is -0.497 e. The highest BCUT2D eigenvalue weighted by molar-refractivity contribution is 6.12. The van der Waals surface area contributed by atoms with Crippen LogP contribution in [-0.2, 0) is 11.2 Å². The van der Waals surface area contributed by atoms with Crippen LogP contribution < -0.4 is 20.3 Å². The molecule has 0 bridgehead atoms. The smallest absolute Gasteiger partial charge is 0.228 e. The number of hydrogen-bond donors (Lipinski definition) is 3. The molecule has 1 aliphatic rings. The van der Waals surface area contributed by atoms with Crippen LogP contribution >= 0.6 is 0 Å². The molecule has 0 radical (unpaired) electrons. The van der Waals surface area contributed by atoms with Gasteiger partial charge in [0.2, 0.25) is 11.8 Å². The Balaban J connectivity index is 1.41. The molecule has 3 N–H and O–H groups in total. The second kappa shape index (κ2) is 7.48. The zero-order valence-electron chi connectivity index (χ0n) is 15.4. The Labute approximate surface area is 162 Å². The van der Waals surface area contributed by atoms with Gasteiger partial charge in [0.25, 0.3) is 0 Å². The standard InChI is InChI=1S/C21H20N4O3/c1-27-17-4-2-3-14(11-17)12-19(26)24-15-5-7-16(8-6-15)25-13-23-21-18(20(25)22)9-10-28-21/h2-11,22-23H,12-13H2,1H3,(H,24,26). The van der Waals surface area contributed by atoms with Crippen molar-refractivity contribution in [3.8, 4) is 5.75 Å². The number of nitrogens with one attached hydrogen (secondary N) is 3. The molecule has 0 aliphatic carbocycles. The molecule has 0 spiro atoms. The van der Waals surface area contributed by atoms with Crippen molar-refractivity contribution in [3.63, 3.8) is 0 Å². The summed E-state index contributed by atoms with van der Waals surface area (Å²) in [5.41, 5.74) is 3.17. The number of benzene rings is 2. The van der Waals surface area contributed by atoms with Gasteiger partial charge in [-0.1, -0.05) is 12.1 Å². The van der Waals surface area contributed by atoms with Gasteiger partial charge >= 0.3 is 0 Å². The maximum atomic E-state index is 12.3. The number of nitrogens with zero attached hydrogens (tertiary/aromatic N) is 1. The average Bonchev–Trinajstić information content (AvgIpc) is 3.19. The van der Waals surface area contributed by atoms with Crippen LogP contribution in [-0.4, -0.2) is 25.5 Å². The van der Waals surface area contributed by atoms with Crippen molar-refractivity contribution in [1.29, 1.82) is 5.41 Å². The van der Waals surface area contributed by atoms with Crippen LogP contribution in [0.1, 0.15) is 11.1 Å². The van der Waals surface area contributed by atoms with E-state index in [4.69, 9.17) is 14.6 Å². The third-order valence-corrected chi connectivity index (χ3v) is 4.55. The summed E-state index contributed by atoms with van der Waals surface area (Å²) in [5.74, 6) is 1.62. The lowest BCUT2D eigenvalue weighted by atomic mass is 10.1. The Morgan fingerprint density at radius 3 is 2.86 bits per heavy atom. The van der Waals surface area contributed by atoms with E-state index in [9.17, 15) is 4.79 Å². The first-order valence-electron chi connectivity index (χ1n) is 8.85. The number of ether oxygens (including phenoxy) is 1. The Morgan fingerprint density at radius 2 is 2.07 bits per heavy atom. The monoisotopic (exact) mass is 376 g/mol. The van der Waals surface area contributed by atoms with E-state index >= 15 is 0 Å². The zero-order chi connectivity index (χ0) is 19.5. The third kappa shape index (κ3) is 3.55. The van der Waals surface area contributed by atoms with Gasteiger partial charge in [-0.3, -0.25) is 10.2 Å².